The molecule has 0 bridgehead atoms. The summed E-state index contributed by atoms with van der Waals surface area (Å²) >= 11 is 0. The SMILES string of the molecule is c1ccc(N2c3cc(N(c4ccccn4)c4ccccn4)cc4c3B(c3nccnc32)c2cccc3c5c6ccccc6n(-c6ccccn6)c5n-4c23)cc1. The van der Waals surface area contributed by atoms with Crippen molar-refractivity contribution in [1.82, 2.24) is 34.1 Å². The van der Waals surface area contributed by atoms with Crippen molar-refractivity contribution in [3.05, 3.63) is 171 Å². The Kier molecular flexibility index (Phi) is 6.24. The zero-order chi connectivity index (χ0) is 36.0. The molecule has 12 rings (SSSR count). The van der Waals surface area contributed by atoms with Crippen LogP contribution in [0.2, 0.25) is 0 Å². The topological polar surface area (TPSA) is 80.8 Å². The predicted octanol–water partition coefficient (Wildman–Crippen LogP) is 7.79. The summed E-state index contributed by atoms with van der Waals surface area (Å²) in [6, 6.07) is 48.4. The zero-order valence-electron chi connectivity index (χ0n) is 29.3. The largest absolute Gasteiger partial charge is 0.296 e. The summed E-state index contributed by atoms with van der Waals surface area (Å²) in [5, 5.41) is 3.53. The van der Waals surface area contributed by atoms with Crippen LogP contribution >= 0.6 is 0 Å². The molecule has 10 aromatic rings. The van der Waals surface area contributed by atoms with Crippen molar-refractivity contribution in [1.29, 1.82) is 0 Å². The molecule has 8 heterocycles. The van der Waals surface area contributed by atoms with Gasteiger partial charge in [-0.2, -0.15) is 0 Å². The molecule has 0 amide bonds. The molecular formula is C45H28BN9. The lowest BCUT2D eigenvalue weighted by Crippen LogP contribution is -2.61. The number of para-hydroxylation sites is 3. The Bertz CT molecular complexity index is 3070. The van der Waals surface area contributed by atoms with Crippen LogP contribution in [0.3, 0.4) is 0 Å². The highest BCUT2D eigenvalue weighted by Gasteiger charge is 2.45. The Morgan fingerprint density at radius 1 is 0.527 bits per heavy atom. The van der Waals surface area contributed by atoms with E-state index in [2.05, 4.69) is 110 Å². The molecule has 9 nitrogen and oxygen atoms in total. The maximum Gasteiger partial charge on any atom is 0.277 e. The van der Waals surface area contributed by atoms with Gasteiger partial charge in [-0.15, -0.1) is 0 Å². The Morgan fingerprint density at radius 3 is 1.98 bits per heavy atom. The first-order valence-electron chi connectivity index (χ1n) is 18.3. The van der Waals surface area contributed by atoms with Crippen molar-refractivity contribution in [3.8, 4) is 11.5 Å². The molecule has 0 saturated heterocycles. The van der Waals surface area contributed by atoms with Crippen molar-refractivity contribution in [2.45, 2.75) is 0 Å². The Hall–Kier alpha value is -7.59. The van der Waals surface area contributed by atoms with Gasteiger partial charge in [0.15, 0.2) is 5.82 Å². The second kappa shape index (κ2) is 11.5. The molecule has 0 spiro atoms. The summed E-state index contributed by atoms with van der Waals surface area (Å²) in [5.74, 6) is 3.18. The quantitative estimate of drug-likeness (QED) is 0.169. The molecular weight excluding hydrogens is 677 g/mol. The predicted molar refractivity (Wildman–Crippen MR) is 221 cm³/mol. The Labute approximate surface area is 315 Å². The lowest BCUT2D eigenvalue weighted by molar-refractivity contribution is 1.02. The van der Waals surface area contributed by atoms with Gasteiger partial charge < -0.3 is 0 Å². The highest BCUT2D eigenvalue weighted by Crippen LogP contribution is 2.46. The van der Waals surface area contributed by atoms with E-state index < -0.39 is 0 Å². The summed E-state index contributed by atoms with van der Waals surface area (Å²) in [5.41, 5.74) is 10.5. The number of aromatic nitrogens is 7. The monoisotopic (exact) mass is 705 g/mol. The van der Waals surface area contributed by atoms with Crippen molar-refractivity contribution in [3.63, 3.8) is 0 Å². The van der Waals surface area contributed by atoms with Gasteiger partial charge in [0.25, 0.3) is 6.71 Å². The molecule has 0 saturated carbocycles. The molecule has 256 valence electrons. The van der Waals surface area contributed by atoms with E-state index in [9.17, 15) is 0 Å². The van der Waals surface area contributed by atoms with Crippen LogP contribution in [0.15, 0.2) is 171 Å². The maximum absolute atomic E-state index is 5.13. The average Bonchev–Trinajstić information content (AvgIpc) is 3.77. The summed E-state index contributed by atoms with van der Waals surface area (Å²) in [6.45, 7) is -0.175. The third-order valence-corrected chi connectivity index (χ3v) is 10.9. The number of nitrogens with zero attached hydrogens (tertiary/aromatic N) is 9. The molecule has 4 aromatic carbocycles. The normalized spacial score (nSPS) is 12.7. The van der Waals surface area contributed by atoms with Crippen molar-refractivity contribution in [2.75, 3.05) is 9.80 Å². The number of rotatable bonds is 5. The molecule has 0 N–H and O–H groups in total. The molecule has 2 aliphatic rings. The fourth-order valence-corrected chi connectivity index (χ4v) is 8.87. The van der Waals surface area contributed by atoms with E-state index in [0.29, 0.717) is 0 Å². The highest BCUT2D eigenvalue weighted by atomic mass is 15.3. The first-order chi connectivity index (χ1) is 27.3. The van der Waals surface area contributed by atoms with E-state index in [1.54, 1.807) is 6.20 Å². The number of fused-ring (bicyclic) bond motifs is 9. The van der Waals surface area contributed by atoms with Crippen LogP contribution < -0.4 is 26.3 Å². The number of hydrogen-bond donors (Lipinski definition) is 0. The standard InChI is InChI=1S/C45H28BN9/c1-2-13-29(14-3-1)52-35-27-30(53(37-19-6-9-22-47-37)38-20-7-10-23-48-38)28-36-41(35)46(43-44(52)51-26-25-50-43)33-17-12-16-32-40-31-15-4-5-18-34(31)54(39-21-8-11-24-49-39)45(40)55(36)42(32)33/h1-28H. The third-order valence-electron chi connectivity index (χ3n) is 10.9. The first-order valence-corrected chi connectivity index (χ1v) is 18.3. The van der Waals surface area contributed by atoms with E-state index in [4.69, 9.17) is 24.9 Å². The lowest BCUT2D eigenvalue weighted by Gasteiger charge is -2.39. The van der Waals surface area contributed by atoms with Crippen molar-refractivity contribution in [2.24, 2.45) is 0 Å². The van der Waals surface area contributed by atoms with Crippen LogP contribution in [0, 0.1) is 0 Å². The second-order valence-electron chi connectivity index (χ2n) is 13.8. The van der Waals surface area contributed by atoms with E-state index in [-0.39, 0.29) is 6.71 Å². The molecule has 0 aliphatic carbocycles. The fraction of sp³-hybridized carbons (Fsp3) is 0. The van der Waals surface area contributed by atoms with E-state index in [0.717, 1.165) is 73.8 Å². The number of benzene rings is 4. The van der Waals surface area contributed by atoms with Crippen LogP contribution in [-0.2, 0) is 0 Å². The van der Waals surface area contributed by atoms with Crippen LogP contribution in [0.4, 0.5) is 34.5 Å². The summed E-state index contributed by atoms with van der Waals surface area (Å²) < 4.78 is 4.78. The van der Waals surface area contributed by atoms with Crippen LogP contribution in [0.5, 0.6) is 0 Å². The van der Waals surface area contributed by atoms with Gasteiger partial charge in [0.05, 0.1) is 22.3 Å². The minimum atomic E-state index is -0.175. The van der Waals surface area contributed by atoms with Gasteiger partial charge in [0.1, 0.15) is 23.1 Å². The molecule has 0 atom stereocenters. The van der Waals surface area contributed by atoms with Gasteiger partial charge in [0.2, 0.25) is 0 Å². The molecule has 10 heteroatoms. The molecule has 0 unspecified atom stereocenters. The van der Waals surface area contributed by atoms with Crippen LogP contribution in [-0.4, -0.2) is 40.8 Å². The molecule has 6 aromatic heterocycles. The summed E-state index contributed by atoms with van der Waals surface area (Å²) in [4.78, 5) is 29.3. The highest BCUT2D eigenvalue weighted by molar-refractivity contribution is 6.99. The fourth-order valence-electron chi connectivity index (χ4n) is 8.87. The Morgan fingerprint density at radius 2 is 1.22 bits per heavy atom. The number of hydrogen-bond acceptors (Lipinski definition) is 7. The molecule has 2 aliphatic heterocycles. The minimum Gasteiger partial charge on any atom is -0.296 e. The van der Waals surface area contributed by atoms with Gasteiger partial charge >= 0.3 is 0 Å². The second-order valence-corrected chi connectivity index (χ2v) is 13.8. The van der Waals surface area contributed by atoms with Crippen molar-refractivity contribution >= 4 is 90.6 Å². The molecule has 0 radical (unpaired) electrons. The Balaban J connectivity index is 1.29. The molecule has 0 fully saturated rings. The lowest BCUT2D eigenvalue weighted by atomic mass is 9.35. The van der Waals surface area contributed by atoms with E-state index in [1.807, 2.05) is 73.3 Å². The van der Waals surface area contributed by atoms with Crippen LogP contribution in [0.1, 0.15) is 0 Å². The average molecular weight is 706 g/mol. The van der Waals surface area contributed by atoms with Gasteiger partial charge in [-0.05, 0) is 77.7 Å². The van der Waals surface area contributed by atoms with Gasteiger partial charge in [-0.3, -0.25) is 23.9 Å². The number of pyridine rings is 3. The number of anilines is 6. The van der Waals surface area contributed by atoms with E-state index in [1.165, 1.54) is 21.6 Å². The first kappa shape index (κ1) is 29.9. The molecule has 55 heavy (non-hydrogen) atoms. The van der Waals surface area contributed by atoms with Crippen molar-refractivity contribution < 1.29 is 0 Å². The smallest absolute Gasteiger partial charge is 0.277 e. The maximum atomic E-state index is 5.13. The summed E-state index contributed by atoms with van der Waals surface area (Å²) in [7, 11) is 0. The zero-order valence-corrected chi connectivity index (χ0v) is 29.3. The minimum absolute atomic E-state index is 0.175. The van der Waals surface area contributed by atoms with Gasteiger partial charge in [0, 0.05) is 64.2 Å². The van der Waals surface area contributed by atoms with Gasteiger partial charge in [-0.25, -0.2) is 19.9 Å². The summed E-state index contributed by atoms with van der Waals surface area (Å²) in [6.07, 6.45) is 9.13. The van der Waals surface area contributed by atoms with E-state index >= 15 is 0 Å². The third kappa shape index (κ3) is 4.16. The van der Waals surface area contributed by atoms with Crippen LogP contribution in [0.25, 0.3) is 44.3 Å². The van der Waals surface area contributed by atoms with Gasteiger partial charge in [-0.1, -0.05) is 72.8 Å².